The first-order valence-corrected chi connectivity index (χ1v) is 13.5. The van der Waals surface area contributed by atoms with E-state index in [1.807, 2.05) is 23.1 Å². The second-order valence-electron chi connectivity index (χ2n) is 10.4. The highest BCUT2D eigenvalue weighted by Crippen LogP contribution is 2.36. The summed E-state index contributed by atoms with van der Waals surface area (Å²) in [7, 11) is 0. The predicted octanol–water partition coefficient (Wildman–Crippen LogP) is 3.01. The van der Waals surface area contributed by atoms with Crippen LogP contribution in [0.3, 0.4) is 0 Å². The maximum atomic E-state index is 12.4. The third kappa shape index (κ3) is 5.01. The molecule has 0 bridgehead atoms. The van der Waals surface area contributed by atoms with E-state index in [9.17, 15) is 9.59 Å². The zero-order valence-electron chi connectivity index (χ0n) is 21.5. The number of aromatic amines is 1. The van der Waals surface area contributed by atoms with Gasteiger partial charge in [0.2, 0.25) is 23.5 Å². The van der Waals surface area contributed by atoms with Crippen molar-refractivity contribution in [2.75, 3.05) is 24.7 Å². The lowest BCUT2D eigenvalue weighted by Crippen LogP contribution is -2.53. The Morgan fingerprint density at radius 1 is 1.21 bits per heavy atom. The van der Waals surface area contributed by atoms with Crippen molar-refractivity contribution in [2.24, 2.45) is 17.6 Å². The Kier molecular flexibility index (Phi) is 6.81. The van der Waals surface area contributed by atoms with Gasteiger partial charge in [-0.25, -0.2) is 14.8 Å². The quantitative estimate of drug-likeness (QED) is 0.366. The molecule has 0 unspecified atom stereocenters. The Hall–Kier alpha value is -3.77. The Bertz CT molecular complexity index is 1570. The summed E-state index contributed by atoms with van der Waals surface area (Å²) in [6.07, 6.45) is 4.51. The van der Waals surface area contributed by atoms with Gasteiger partial charge in [0.05, 0.1) is 13.2 Å². The van der Waals surface area contributed by atoms with Crippen molar-refractivity contribution < 1.29 is 14.1 Å². The van der Waals surface area contributed by atoms with Gasteiger partial charge in [-0.3, -0.25) is 14.3 Å². The average Bonchev–Trinajstić information content (AvgIpc) is 3.53. The van der Waals surface area contributed by atoms with Crippen molar-refractivity contribution in [3.8, 4) is 22.9 Å². The highest BCUT2D eigenvalue weighted by molar-refractivity contribution is 6.30. The number of morpholine rings is 1. The molecule has 0 spiro atoms. The molecular weight excluding hydrogens is 524 g/mol. The van der Waals surface area contributed by atoms with Gasteiger partial charge in [-0.2, -0.15) is 4.98 Å². The summed E-state index contributed by atoms with van der Waals surface area (Å²) in [4.78, 5) is 43.0. The molecule has 204 valence electrons. The van der Waals surface area contributed by atoms with Crippen LogP contribution >= 0.6 is 11.6 Å². The number of ether oxygens (including phenoxy) is 1. The molecule has 1 atom stereocenters. The molecule has 39 heavy (non-hydrogen) atoms. The number of nitrogens with one attached hydrogen (secondary N) is 1. The fourth-order valence-corrected chi connectivity index (χ4v) is 5.72. The number of rotatable bonds is 6. The summed E-state index contributed by atoms with van der Waals surface area (Å²) >= 11 is 6.38. The SMILES string of the molecule is C[C@H]1CC[C@H](Cn2c(N3CCOC[C@H]3C(N)=O)nc3nc(-c4noc(=O)[nH]4)nc(-c4cccc(Cl)c4)c32)CC1. The predicted molar refractivity (Wildman–Crippen MR) is 144 cm³/mol. The number of carbonyl (C=O) groups is 1. The summed E-state index contributed by atoms with van der Waals surface area (Å²) in [5.74, 6) is 0.748. The van der Waals surface area contributed by atoms with Crippen LogP contribution in [0.2, 0.25) is 5.02 Å². The lowest BCUT2D eigenvalue weighted by atomic mass is 9.83. The fraction of sp³-hybridized carbons (Fsp3) is 0.462. The lowest BCUT2D eigenvalue weighted by Gasteiger charge is -2.35. The van der Waals surface area contributed by atoms with Crippen LogP contribution in [0.25, 0.3) is 34.1 Å². The Labute approximate surface area is 228 Å². The number of hydrogen-bond donors (Lipinski definition) is 2. The number of anilines is 1. The van der Waals surface area contributed by atoms with E-state index in [1.165, 1.54) is 0 Å². The fourth-order valence-electron chi connectivity index (χ4n) is 5.53. The van der Waals surface area contributed by atoms with Crippen LogP contribution in [0, 0.1) is 11.8 Å². The first kappa shape index (κ1) is 25.5. The van der Waals surface area contributed by atoms with Gasteiger partial charge in [-0.05, 0) is 36.8 Å². The van der Waals surface area contributed by atoms with Gasteiger partial charge in [0.1, 0.15) is 17.3 Å². The number of hydrogen-bond acceptors (Lipinski definition) is 9. The van der Waals surface area contributed by atoms with Crippen molar-refractivity contribution in [2.45, 2.75) is 45.2 Å². The number of H-pyrrole nitrogens is 1. The Balaban J connectivity index is 1.59. The molecule has 0 radical (unpaired) electrons. The third-order valence-corrected chi connectivity index (χ3v) is 7.86. The van der Waals surface area contributed by atoms with Crippen LogP contribution in [-0.4, -0.2) is 61.4 Å². The van der Waals surface area contributed by atoms with Gasteiger partial charge in [-0.15, -0.1) is 0 Å². The van der Waals surface area contributed by atoms with Crippen molar-refractivity contribution in [1.82, 2.24) is 29.7 Å². The van der Waals surface area contributed by atoms with Crippen molar-refractivity contribution in [3.05, 3.63) is 39.8 Å². The third-order valence-electron chi connectivity index (χ3n) is 7.62. The minimum absolute atomic E-state index is 0.0870. The number of nitrogens with two attached hydrogens (primary N) is 1. The molecule has 2 aliphatic rings. The zero-order valence-corrected chi connectivity index (χ0v) is 22.2. The molecule has 12 nitrogen and oxygen atoms in total. The molecule has 4 aromatic rings. The van der Waals surface area contributed by atoms with E-state index in [-0.39, 0.29) is 18.3 Å². The van der Waals surface area contributed by atoms with E-state index in [4.69, 9.17) is 36.6 Å². The summed E-state index contributed by atoms with van der Waals surface area (Å²) < 4.78 is 12.4. The number of amides is 1. The van der Waals surface area contributed by atoms with E-state index in [0.717, 1.165) is 31.2 Å². The molecule has 1 aliphatic carbocycles. The first-order chi connectivity index (χ1) is 18.9. The number of halogens is 1. The highest BCUT2D eigenvalue weighted by Gasteiger charge is 2.34. The van der Waals surface area contributed by atoms with E-state index in [1.54, 1.807) is 6.07 Å². The summed E-state index contributed by atoms with van der Waals surface area (Å²) in [5, 5.41) is 4.33. The van der Waals surface area contributed by atoms with Crippen LogP contribution in [0.1, 0.15) is 32.6 Å². The van der Waals surface area contributed by atoms with E-state index in [0.29, 0.717) is 59.4 Å². The van der Waals surface area contributed by atoms with Crippen LogP contribution in [0.5, 0.6) is 0 Å². The monoisotopic (exact) mass is 552 g/mol. The molecule has 1 saturated heterocycles. The minimum Gasteiger partial charge on any atom is -0.377 e. The smallest absolute Gasteiger partial charge is 0.377 e. The standard InChI is InChI=1S/C26H29ClN8O4/c1-14-5-7-15(8-6-14)12-35-20-19(16-3-2-4-17(27)11-16)29-23(24-32-26(37)39-33-24)30-22(20)31-25(35)34-9-10-38-13-18(34)21(28)36/h2-4,11,14-15,18H,5-10,12-13H2,1H3,(H2,28,36)(H,32,33,37)/t14-,15-,18-/m0/s1. The van der Waals surface area contributed by atoms with Gasteiger partial charge in [0, 0.05) is 23.7 Å². The topological polar surface area (TPSA) is 158 Å². The van der Waals surface area contributed by atoms with E-state index < -0.39 is 17.7 Å². The Morgan fingerprint density at radius 3 is 2.74 bits per heavy atom. The van der Waals surface area contributed by atoms with Crippen LogP contribution in [0.4, 0.5) is 5.95 Å². The molecule has 6 rings (SSSR count). The highest BCUT2D eigenvalue weighted by atomic mass is 35.5. The number of primary amides is 1. The van der Waals surface area contributed by atoms with Crippen molar-refractivity contribution >= 4 is 34.6 Å². The van der Waals surface area contributed by atoms with Crippen LogP contribution < -0.4 is 16.4 Å². The molecule has 2 fully saturated rings. The maximum absolute atomic E-state index is 12.4. The van der Waals surface area contributed by atoms with Crippen LogP contribution in [-0.2, 0) is 16.1 Å². The van der Waals surface area contributed by atoms with Crippen molar-refractivity contribution in [3.63, 3.8) is 0 Å². The summed E-state index contributed by atoms with van der Waals surface area (Å²) in [6.45, 7) is 4.03. The molecule has 1 aliphatic heterocycles. The number of benzene rings is 1. The zero-order chi connectivity index (χ0) is 27.1. The van der Waals surface area contributed by atoms with Gasteiger partial charge in [-0.1, -0.05) is 48.7 Å². The summed E-state index contributed by atoms with van der Waals surface area (Å²) in [5.41, 5.74) is 8.21. The van der Waals surface area contributed by atoms with Gasteiger partial charge < -0.3 is 19.9 Å². The number of carbonyl (C=O) groups excluding carboxylic acids is 1. The molecule has 3 N–H and O–H groups in total. The molecule has 13 heteroatoms. The number of imidazole rings is 1. The molecule has 3 aromatic heterocycles. The maximum Gasteiger partial charge on any atom is 0.439 e. The summed E-state index contributed by atoms with van der Waals surface area (Å²) in [6, 6.07) is 6.69. The van der Waals surface area contributed by atoms with Crippen molar-refractivity contribution in [1.29, 1.82) is 0 Å². The molecule has 1 amide bonds. The van der Waals surface area contributed by atoms with Gasteiger partial charge >= 0.3 is 5.76 Å². The van der Waals surface area contributed by atoms with Crippen LogP contribution in [0.15, 0.2) is 33.6 Å². The number of aromatic nitrogens is 6. The first-order valence-electron chi connectivity index (χ1n) is 13.1. The average molecular weight is 553 g/mol. The molecule has 1 saturated carbocycles. The van der Waals surface area contributed by atoms with E-state index >= 15 is 0 Å². The lowest BCUT2D eigenvalue weighted by molar-refractivity contribution is -0.121. The molecule has 4 heterocycles. The number of fused-ring (bicyclic) bond motifs is 1. The molecule has 1 aromatic carbocycles. The number of nitrogens with zero attached hydrogens (tertiary/aromatic N) is 6. The molecular formula is C26H29ClN8O4. The minimum atomic E-state index is -0.714. The second-order valence-corrected chi connectivity index (χ2v) is 10.8. The van der Waals surface area contributed by atoms with Gasteiger partial charge in [0.25, 0.3) is 0 Å². The Morgan fingerprint density at radius 2 is 2.03 bits per heavy atom. The largest absolute Gasteiger partial charge is 0.439 e. The second kappa shape index (κ2) is 10.4. The normalized spacial score (nSPS) is 21.9. The van der Waals surface area contributed by atoms with Gasteiger partial charge in [0.15, 0.2) is 5.65 Å². The van der Waals surface area contributed by atoms with E-state index in [2.05, 4.69) is 26.6 Å².